The minimum absolute atomic E-state index is 0.152. The summed E-state index contributed by atoms with van der Waals surface area (Å²) in [6.45, 7) is 6.36. The third-order valence-electron chi connectivity index (χ3n) is 1.73. The first kappa shape index (κ1) is 11.4. The van der Waals surface area contributed by atoms with Gasteiger partial charge in [0.15, 0.2) is 0 Å². The van der Waals surface area contributed by atoms with Crippen molar-refractivity contribution >= 4 is 5.97 Å². The summed E-state index contributed by atoms with van der Waals surface area (Å²) < 4.78 is 4.94. The Kier molecular flexibility index (Phi) is 5.72. The fourth-order valence-corrected chi connectivity index (χ4v) is 0.685. The van der Waals surface area contributed by atoms with E-state index in [2.05, 4.69) is 6.92 Å². The Balaban J connectivity index is 3.57. The second kappa shape index (κ2) is 6.00. The Bertz CT molecular complexity index is 134. The summed E-state index contributed by atoms with van der Waals surface area (Å²) in [5.74, 6) is -0.127. The van der Waals surface area contributed by atoms with Crippen molar-refractivity contribution in [2.24, 2.45) is 11.7 Å². The molecule has 0 spiro atoms. The molecule has 0 aliphatic heterocycles. The van der Waals surface area contributed by atoms with Gasteiger partial charge in [0.1, 0.15) is 6.04 Å². The summed E-state index contributed by atoms with van der Waals surface area (Å²) in [4.78, 5) is 11.1. The molecule has 0 aliphatic carbocycles. The molecule has 12 heavy (non-hydrogen) atoms. The average Bonchev–Trinajstić information content (AvgIpc) is 2.03. The number of hydrogen-bond acceptors (Lipinski definition) is 3. The largest absolute Gasteiger partial charge is 0.465 e. The zero-order valence-corrected chi connectivity index (χ0v) is 8.17. The maximum absolute atomic E-state index is 11.1. The lowest BCUT2D eigenvalue weighted by Crippen LogP contribution is -2.37. The van der Waals surface area contributed by atoms with Crippen molar-refractivity contribution < 1.29 is 9.53 Å². The number of esters is 1. The molecule has 0 fully saturated rings. The van der Waals surface area contributed by atoms with Crippen LogP contribution in [0.5, 0.6) is 0 Å². The monoisotopic (exact) mass is 173 g/mol. The molecule has 0 heterocycles. The first-order valence-corrected chi connectivity index (χ1v) is 4.51. The molecule has 0 aromatic rings. The predicted octanol–water partition coefficient (Wildman–Crippen LogP) is 1.31. The Labute approximate surface area is 74.3 Å². The summed E-state index contributed by atoms with van der Waals surface area (Å²) >= 11 is 0. The van der Waals surface area contributed by atoms with Gasteiger partial charge in [0.2, 0.25) is 0 Å². The third kappa shape index (κ3) is 4.34. The smallest absolute Gasteiger partial charge is 0.323 e. The molecule has 0 aliphatic rings. The van der Waals surface area contributed by atoms with Gasteiger partial charge < -0.3 is 10.5 Å². The van der Waals surface area contributed by atoms with Crippen molar-refractivity contribution in [3.63, 3.8) is 0 Å². The van der Waals surface area contributed by atoms with Crippen molar-refractivity contribution in [1.82, 2.24) is 0 Å². The predicted molar refractivity (Wildman–Crippen MR) is 48.7 cm³/mol. The number of ether oxygens (including phenoxy) is 1. The average molecular weight is 173 g/mol. The van der Waals surface area contributed by atoms with E-state index in [0.29, 0.717) is 6.61 Å². The van der Waals surface area contributed by atoms with Gasteiger partial charge in [0.05, 0.1) is 6.61 Å². The lowest BCUT2D eigenvalue weighted by Gasteiger charge is -2.13. The third-order valence-corrected chi connectivity index (χ3v) is 1.73. The van der Waals surface area contributed by atoms with Crippen LogP contribution < -0.4 is 5.73 Å². The molecule has 1 atom stereocenters. The molecule has 3 heteroatoms. The quantitative estimate of drug-likeness (QED) is 0.504. The molecule has 0 rings (SSSR count). The number of unbranched alkanes of at least 4 members (excludes halogenated alkanes) is 1. The molecule has 0 saturated carbocycles. The van der Waals surface area contributed by atoms with Crippen LogP contribution in [0.15, 0.2) is 0 Å². The first-order valence-electron chi connectivity index (χ1n) is 4.51. The summed E-state index contributed by atoms with van der Waals surface area (Å²) in [6, 6.07) is -0.471. The summed E-state index contributed by atoms with van der Waals surface area (Å²) in [7, 11) is 0. The lowest BCUT2D eigenvalue weighted by molar-refractivity contribution is -0.146. The van der Waals surface area contributed by atoms with E-state index in [0.717, 1.165) is 12.8 Å². The zero-order valence-electron chi connectivity index (χ0n) is 8.17. The highest BCUT2D eigenvalue weighted by Gasteiger charge is 2.17. The molecule has 3 nitrogen and oxygen atoms in total. The minimum Gasteiger partial charge on any atom is -0.465 e. The SMILES string of the molecule is CCCCOC(=O)C(N)C(C)C. The van der Waals surface area contributed by atoms with Crippen molar-refractivity contribution in [3.8, 4) is 0 Å². The molecular formula is C9H19NO2. The van der Waals surface area contributed by atoms with Crippen LogP contribution in [0.1, 0.15) is 33.6 Å². The highest BCUT2D eigenvalue weighted by molar-refractivity contribution is 5.75. The van der Waals surface area contributed by atoms with Crippen molar-refractivity contribution in [1.29, 1.82) is 0 Å². The van der Waals surface area contributed by atoms with Crippen LogP contribution in [-0.2, 0) is 9.53 Å². The van der Waals surface area contributed by atoms with Crippen LogP contribution in [0.2, 0.25) is 0 Å². The van der Waals surface area contributed by atoms with Crippen LogP contribution in [0, 0.1) is 5.92 Å². The van der Waals surface area contributed by atoms with E-state index in [4.69, 9.17) is 10.5 Å². The maximum Gasteiger partial charge on any atom is 0.323 e. The molecule has 0 aromatic carbocycles. The number of nitrogens with two attached hydrogens (primary N) is 1. The Hall–Kier alpha value is -0.570. The Morgan fingerprint density at radius 1 is 1.50 bits per heavy atom. The number of carbonyl (C=O) groups excluding carboxylic acids is 1. The molecule has 2 N–H and O–H groups in total. The second-order valence-corrected chi connectivity index (χ2v) is 3.29. The molecule has 1 unspecified atom stereocenters. The lowest BCUT2D eigenvalue weighted by atomic mass is 10.1. The highest BCUT2D eigenvalue weighted by Crippen LogP contribution is 2.01. The topological polar surface area (TPSA) is 52.3 Å². The van der Waals surface area contributed by atoms with Crippen molar-refractivity contribution in [2.45, 2.75) is 39.7 Å². The van der Waals surface area contributed by atoms with Gasteiger partial charge in [-0.3, -0.25) is 4.79 Å². The van der Waals surface area contributed by atoms with Crippen LogP contribution >= 0.6 is 0 Å². The van der Waals surface area contributed by atoms with E-state index in [9.17, 15) is 4.79 Å². The first-order chi connectivity index (χ1) is 5.59. The second-order valence-electron chi connectivity index (χ2n) is 3.29. The fraction of sp³-hybridized carbons (Fsp3) is 0.889. The van der Waals surface area contributed by atoms with Gasteiger partial charge >= 0.3 is 5.97 Å². The Morgan fingerprint density at radius 3 is 2.50 bits per heavy atom. The zero-order chi connectivity index (χ0) is 9.56. The molecule has 0 radical (unpaired) electrons. The standard InChI is InChI=1S/C9H19NO2/c1-4-5-6-12-9(11)8(10)7(2)3/h7-8H,4-6,10H2,1-3H3. The molecule has 0 saturated heterocycles. The van der Waals surface area contributed by atoms with E-state index < -0.39 is 6.04 Å². The highest BCUT2D eigenvalue weighted by atomic mass is 16.5. The Morgan fingerprint density at radius 2 is 2.08 bits per heavy atom. The van der Waals surface area contributed by atoms with Gasteiger partial charge in [0, 0.05) is 0 Å². The van der Waals surface area contributed by atoms with Crippen LogP contribution in [0.25, 0.3) is 0 Å². The van der Waals surface area contributed by atoms with E-state index >= 15 is 0 Å². The van der Waals surface area contributed by atoms with Gasteiger partial charge in [-0.05, 0) is 12.3 Å². The molecule has 0 aromatic heterocycles. The van der Waals surface area contributed by atoms with E-state index in [-0.39, 0.29) is 11.9 Å². The molecule has 0 bridgehead atoms. The molecular weight excluding hydrogens is 154 g/mol. The summed E-state index contributed by atoms with van der Waals surface area (Å²) in [5.41, 5.74) is 5.57. The normalized spacial score (nSPS) is 13.1. The fourth-order valence-electron chi connectivity index (χ4n) is 0.685. The van der Waals surface area contributed by atoms with Crippen LogP contribution in [0.4, 0.5) is 0 Å². The number of hydrogen-bond donors (Lipinski definition) is 1. The number of carbonyl (C=O) groups is 1. The van der Waals surface area contributed by atoms with Gasteiger partial charge in [-0.15, -0.1) is 0 Å². The summed E-state index contributed by atoms with van der Waals surface area (Å²) in [6.07, 6.45) is 1.95. The molecule has 72 valence electrons. The van der Waals surface area contributed by atoms with Gasteiger partial charge in [-0.25, -0.2) is 0 Å². The summed E-state index contributed by atoms with van der Waals surface area (Å²) in [5, 5.41) is 0. The van der Waals surface area contributed by atoms with Gasteiger partial charge in [-0.2, -0.15) is 0 Å². The van der Waals surface area contributed by atoms with Crippen molar-refractivity contribution in [3.05, 3.63) is 0 Å². The van der Waals surface area contributed by atoms with Crippen molar-refractivity contribution in [2.75, 3.05) is 6.61 Å². The van der Waals surface area contributed by atoms with Gasteiger partial charge in [-0.1, -0.05) is 27.2 Å². The van der Waals surface area contributed by atoms with E-state index in [1.807, 2.05) is 13.8 Å². The van der Waals surface area contributed by atoms with E-state index in [1.54, 1.807) is 0 Å². The van der Waals surface area contributed by atoms with Crippen LogP contribution in [-0.4, -0.2) is 18.6 Å². The van der Waals surface area contributed by atoms with Crippen LogP contribution in [0.3, 0.4) is 0 Å². The molecule has 0 amide bonds. The minimum atomic E-state index is -0.471. The number of rotatable bonds is 5. The van der Waals surface area contributed by atoms with Gasteiger partial charge in [0.25, 0.3) is 0 Å². The maximum atomic E-state index is 11.1. The van der Waals surface area contributed by atoms with E-state index in [1.165, 1.54) is 0 Å².